The summed E-state index contributed by atoms with van der Waals surface area (Å²) in [4.78, 5) is 0. The molecule has 0 aromatic rings. The Labute approximate surface area is 115 Å². The molecule has 0 heterocycles. The summed E-state index contributed by atoms with van der Waals surface area (Å²) in [6.07, 6.45) is 8.31. The van der Waals surface area contributed by atoms with Gasteiger partial charge in [0, 0.05) is 0 Å². The molecule has 0 aromatic carbocycles. The first-order valence-electron chi connectivity index (χ1n) is 8.18. The fourth-order valence-electron chi connectivity index (χ4n) is 3.94. The van der Waals surface area contributed by atoms with E-state index in [2.05, 4.69) is 34.6 Å². The predicted molar refractivity (Wildman–Crippen MR) is 81.5 cm³/mol. The van der Waals surface area contributed by atoms with Crippen molar-refractivity contribution < 1.29 is 0 Å². The Balaban J connectivity index is 2.46. The summed E-state index contributed by atoms with van der Waals surface area (Å²) in [6, 6.07) is 0. The molecular formula is C17H35N. The van der Waals surface area contributed by atoms with Gasteiger partial charge in [-0.05, 0) is 54.9 Å². The Morgan fingerprint density at radius 3 is 2.33 bits per heavy atom. The number of rotatable bonds is 9. The third kappa shape index (κ3) is 3.73. The zero-order chi connectivity index (χ0) is 13.8. The second kappa shape index (κ2) is 6.93. The van der Waals surface area contributed by atoms with Gasteiger partial charge in [-0.25, -0.2) is 0 Å². The Morgan fingerprint density at radius 1 is 1.17 bits per heavy atom. The average molecular weight is 253 g/mol. The van der Waals surface area contributed by atoms with Crippen molar-refractivity contribution in [2.24, 2.45) is 34.8 Å². The third-order valence-corrected chi connectivity index (χ3v) is 5.42. The summed E-state index contributed by atoms with van der Waals surface area (Å²) < 4.78 is 0. The first-order valence-corrected chi connectivity index (χ1v) is 8.18. The highest BCUT2D eigenvalue weighted by Gasteiger charge is 2.56. The third-order valence-electron chi connectivity index (χ3n) is 5.42. The van der Waals surface area contributed by atoms with Crippen molar-refractivity contribution in [2.75, 3.05) is 6.54 Å². The Kier molecular flexibility index (Phi) is 6.17. The molecule has 18 heavy (non-hydrogen) atoms. The van der Waals surface area contributed by atoms with Crippen LogP contribution in [0, 0.1) is 29.1 Å². The molecule has 1 heteroatoms. The van der Waals surface area contributed by atoms with E-state index >= 15 is 0 Å². The minimum absolute atomic E-state index is 0.502. The van der Waals surface area contributed by atoms with Crippen LogP contribution in [-0.4, -0.2) is 6.54 Å². The molecule has 108 valence electrons. The van der Waals surface area contributed by atoms with Gasteiger partial charge in [0.25, 0.3) is 0 Å². The SMILES string of the molecule is CCCCCC1CC1(CN)C(C)C(C)CC(C)C. The zero-order valence-corrected chi connectivity index (χ0v) is 13.3. The molecule has 1 saturated carbocycles. The summed E-state index contributed by atoms with van der Waals surface area (Å²) in [5.41, 5.74) is 6.63. The predicted octanol–water partition coefficient (Wildman–Crippen LogP) is 4.85. The highest BCUT2D eigenvalue weighted by molar-refractivity contribution is 5.06. The Hall–Kier alpha value is -0.0400. The van der Waals surface area contributed by atoms with Crippen molar-refractivity contribution in [3.8, 4) is 0 Å². The van der Waals surface area contributed by atoms with Crippen LogP contribution in [0.25, 0.3) is 0 Å². The van der Waals surface area contributed by atoms with Crippen molar-refractivity contribution in [2.45, 2.75) is 73.1 Å². The first kappa shape index (κ1) is 16.0. The normalized spacial score (nSPS) is 30.5. The average Bonchev–Trinajstić information content (AvgIpc) is 3.02. The van der Waals surface area contributed by atoms with Gasteiger partial charge in [0.15, 0.2) is 0 Å². The van der Waals surface area contributed by atoms with Gasteiger partial charge in [-0.15, -0.1) is 0 Å². The molecule has 1 rings (SSSR count). The van der Waals surface area contributed by atoms with Crippen LogP contribution in [0.3, 0.4) is 0 Å². The standard InChI is InChI=1S/C17H35N/c1-6-7-8-9-16-11-17(16,12-18)15(5)14(4)10-13(2)3/h13-16H,6-12,18H2,1-5H3. The van der Waals surface area contributed by atoms with Crippen LogP contribution in [0.1, 0.15) is 73.1 Å². The van der Waals surface area contributed by atoms with E-state index in [-0.39, 0.29) is 0 Å². The van der Waals surface area contributed by atoms with Gasteiger partial charge < -0.3 is 5.73 Å². The lowest BCUT2D eigenvalue weighted by atomic mass is 9.76. The van der Waals surface area contributed by atoms with Gasteiger partial charge in [-0.2, -0.15) is 0 Å². The highest BCUT2D eigenvalue weighted by atomic mass is 14.7. The van der Waals surface area contributed by atoms with Crippen LogP contribution in [0.4, 0.5) is 0 Å². The van der Waals surface area contributed by atoms with Gasteiger partial charge in [0.1, 0.15) is 0 Å². The second-order valence-electron chi connectivity index (χ2n) is 7.23. The van der Waals surface area contributed by atoms with E-state index in [0.717, 1.165) is 30.2 Å². The first-order chi connectivity index (χ1) is 8.47. The molecule has 1 fully saturated rings. The van der Waals surface area contributed by atoms with E-state index in [1.165, 1.54) is 38.5 Å². The van der Waals surface area contributed by atoms with Crippen LogP contribution >= 0.6 is 0 Å². The topological polar surface area (TPSA) is 26.0 Å². The van der Waals surface area contributed by atoms with Gasteiger partial charge >= 0.3 is 0 Å². The molecule has 0 amide bonds. The van der Waals surface area contributed by atoms with E-state index in [4.69, 9.17) is 5.73 Å². The molecule has 1 aliphatic rings. The lowest BCUT2D eigenvalue weighted by molar-refractivity contribution is 0.198. The summed E-state index contributed by atoms with van der Waals surface area (Å²) in [7, 11) is 0. The van der Waals surface area contributed by atoms with Crippen LogP contribution < -0.4 is 5.73 Å². The number of hydrogen-bond donors (Lipinski definition) is 1. The number of unbranched alkanes of at least 4 members (excludes halogenated alkanes) is 2. The van der Waals surface area contributed by atoms with Gasteiger partial charge in [0.05, 0.1) is 0 Å². The largest absolute Gasteiger partial charge is 0.330 e. The van der Waals surface area contributed by atoms with Crippen LogP contribution in [-0.2, 0) is 0 Å². The van der Waals surface area contributed by atoms with Crippen molar-refractivity contribution in [3.05, 3.63) is 0 Å². The van der Waals surface area contributed by atoms with Crippen molar-refractivity contribution in [1.29, 1.82) is 0 Å². The summed E-state index contributed by atoms with van der Waals surface area (Å²) in [5, 5.41) is 0. The maximum absolute atomic E-state index is 6.13. The van der Waals surface area contributed by atoms with Gasteiger partial charge in [-0.1, -0.05) is 53.9 Å². The van der Waals surface area contributed by atoms with Crippen molar-refractivity contribution >= 4 is 0 Å². The molecule has 0 spiro atoms. The number of nitrogens with two attached hydrogens (primary N) is 1. The molecule has 1 aliphatic carbocycles. The van der Waals surface area contributed by atoms with Crippen LogP contribution in [0.5, 0.6) is 0 Å². The lowest BCUT2D eigenvalue weighted by Crippen LogP contribution is -2.30. The Bertz CT molecular complexity index is 236. The fourth-order valence-corrected chi connectivity index (χ4v) is 3.94. The minimum Gasteiger partial charge on any atom is -0.330 e. The van der Waals surface area contributed by atoms with E-state index in [9.17, 15) is 0 Å². The lowest BCUT2D eigenvalue weighted by Gasteiger charge is -2.30. The molecule has 2 N–H and O–H groups in total. The smallest absolute Gasteiger partial charge is 0.00151 e. The zero-order valence-electron chi connectivity index (χ0n) is 13.3. The molecular weight excluding hydrogens is 218 g/mol. The van der Waals surface area contributed by atoms with Gasteiger partial charge in [0.2, 0.25) is 0 Å². The molecule has 0 aromatic heterocycles. The molecule has 4 atom stereocenters. The van der Waals surface area contributed by atoms with Crippen LogP contribution in [0.2, 0.25) is 0 Å². The van der Waals surface area contributed by atoms with E-state index < -0.39 is 0 Å². The summed E-state index contributed by atoms with van der Waals surface area (Å²) >= 11 is 0. The molecule has 4 unspecified atom stereocenters. The maximum atomic E-state index is 6.13. The van der Waals surface area contributed by atoms with Crippen LogP contribution in [0.15, 0.2) is 0 Å². The molecule has 0 aliphatic heterocycles. The molecule has 0 bridgehead atoms. The number of hydrogen-bond acceptors (Lipinski definition) is 1. The van der Waals surface area contributed by atoms with E-state index in [1.54, 1.807) is 0 Å². The highest BCUT2D eigenvalue weighted by Crippen LogP contribution is 2.61. The van der Waals surface area contributed by atoms with Gasteiger partial charge in [-0.3, -0.25) is 0 Å². The maximum Gasteiger partial charge on any atom is -0.00151 e. The van der Waals surface area contributed by atoms with E-state index in [1.807, 2.05) is 0 Å². The quantitative estimate of drug-likeness (QED) is 0.584. The summed E-state index contributed by atoms with van der Waals surface area (Å²) in [6.45, 7) is 12.8. The van der Waals surface area contributed by atoms with Crippen molar-refractivity contribution in [3.63, 3.8) is 0 Å². The second-order valence-corrected chi connectivity index (χ2v) is 7.23. The molecule has 0 saturated heterocycles. The fraction of sp³-hybridized carbons (Fsp3) is 1.00. The molecule has 0 radical (unpaired) electrons. The monoisotopic (exact) mass is 253 g/mol. The van der Waals surface area contributed by atoms with Crippen molar-refractivity contribution in [1.82, 2.24) is 0 Å². The summed E-state index contributed by atoms with van der Waals surface area (Å²) in [5.74, 6) is 3.37. The minimum atomic E-state index is 0.502. The van der Waals surface area contributed by atoms with E-state index in [0.29, 0.717) is 5.41 Å². The Morgan fingerprint density at radius 2 is 1.83 bits per heavy atom. The molecule has 1 nitrogen and oxygen atoms in total.